The fourth-order valence-electron chi connectivity index (χ4n) is 1.99. The molecule has 0 spiro atoms. The summed E-state index contributed by atoms with van der Waals surface area (Å²) in [6, 6.07) is 0. The number of hydrogen-bond acceptors (Lipinski definition) is 6. The van der Waals surface area contributed by atoms with E-state index in [1.807, 2.05) is 0 Å². The lowest BCUT2D eigenvalue weighted by atomic mass is 10.2. The quantitative estimate of drug-likeness (QED) is 0.657. The molecule has 0 bridgehead atoms. The minimum absolute atomic E-state index is 0.0762. The number of hydrogen-bond donors (Lipinski definition) is 1. The van der Waals surface area contributed by atoms with Crippen molar-refractivity contribution in [2.45, 2.75) is 13.0 Å². The number of rotatable bonds is 4. The first-order valence-corrected chi connectivity index (χ1v) is 6.51. The van der Waals surface area contributed by atoms with Crippen molar-refractivity contribution in [3.05, 3.63) is 16.5 Å². The van der Waals surface area contributed by atoms with Gasteiger partial charge in [-0.25, -0.2) is 9.97 Å². The zero-order valence-corrected chi connectivity index (χ0v) is 11.8. The zero-order valence-electron chi connectivity index (χ0n) is 11.0. The number of halogens is 1. The summed E-state index contributed by atoms with van der Waals surface area (Å²) in [5.41, 5.74) is 0.288. The molecular formula is C12H17ClN4O2. The van der Waals surface area contributed by atoms with Gasteiger partial charge in [-0.05, 0) is 14.0 Å². The molecule has 104 valence electrons. The molecule has 0 aromatic carbocycles. The molecule has 0 aliphatic carbocycles. The third-order valence-electron chi connectivity index (χ3n) is 2.97. The predicted molar refractivity (Wildman–Crippen MR) is 72.9 cm³/mol. The van der Waals surface area contributed by atoms with Crippen molar-refractivity contribution >= 4 is 23.7 Å². The summed E-state index contributed by atoms with van der Waals surface area (Å²) in [5, 5.41) is 3.29. The minimum atomic E-state index is 0.0762. The second-order valence-corrected chi connectivity index (χ2v) is 4.94. The number of carbonyl (C=O) groups excluding carboxylic acids is 1. The summed E-state index contributed by atoms with van der Waals surface area (Å²) in [4.78, 5) is 21.4. The highest BCUT2D eigenvalue weighted by Gasteiger charge is 2.18. The van der Waals surface area contributed by atoms with Gasteiger partial charge < -0.3 is 15.0 Å². The van der Waals surface area contributed by atoms with Crippen LogP contribution in [0.2, 0.25) is 5.15 Å². The van der Waals surface area contributed by atoms with Crippen molar-refractivity contribution in [2.24, 2.45) is 0 Å². The number of aromatic nitrogens is 2. The monoisotopic (exact) mass is 284 g/mol. The molecule has 1 atom stereocenters. The van der Waals surface area contributed by atoms with E-state index in [9.17, 15) is 4.79 Å². The van der Waals surface area contributed by atoms with Crippen molar-refractivity contribution in [1.29, 1.82) is 0 Å². The molecule has 0 saturated carbocycles. The summed E-state index contributed by atoms with van der Waals surface area (Å²) in [5.74, 6) is 0.990. The number of anilines is 1. The Morgan fingerprint density at radius 2 is 2.37 bits per heavy atom. The predicted octanol–water partition coefficient (Wildman–Crippen LogP) is 0.993. The van der Waals surface area contributed by atoms with Crippen LogP contribution in [0.4, 0.5) is 5.82 Å². The molecule has 6 nitrogen and oxygen atoms in total. The van der Waals surface area contributed by atoms with E-state index >= 15 is 0 Å². The highest BCUT2D eigenvalue weighted by atomic mass is 35.5. The fraction of sp³-hybridized carbons (Fsp3) is 0.583. The molecule has 1 aromatic heterocycles. The summed E-state index contributed by atoms with van der Waals surface area (Å²) in [6.07, 6.45) is 0.741. The molecule has 7 heteroatoms. The van der Waals surface area contributed by atoms with E-state index in [2.05, 4.69) is 27.2 Å². The standard InChI is InChI=1S/C12H17ClN4O2/c1-8-15-11(13)10(7-18)12(16-8)14-5-9-6-17(2)3-4-19-9/h7,9H,3-6H2,1-2H3,(H,14,15,16). The average molecular weight is 285 g/mol. The lowest BCUT2D eigenvalue weighted by Gasteiger charge is -2.30. The van der Waals surface area contributed by atoms with Crippen molar-refractivity contribution in [2.75, 3.05) is 38.6 Å². The van der Waals surface area contributed by atoms with Crippen LogP contribution in [0.5, 0.6) is 0 Å². The van der Waals surface area contributed by atoms with Gasteiger partial charge in [0.15, 0.2) is 6.29 Å². The number of likely N-dealkylation sites (N-methyl/N-ethyl adjacent to an activating group) is 1. The van der Waals surface area contributed by atoms with Crippen LogP contribution in [0, 0.1) is 6.92 Å². The van der Waals surface area contributed by atoms with Gasteiger partial charge in [0.1, 0.15) is 16.8 Å². The van der Waals surface area contributed by atoms with E-state index in [1.165, 1.54) is 0 Å². The van der Waals surface area contributed by atoms with Crippen LogP contribution in [0.1, 0.15) is 16.2 Å². The van der Waals surface area contributed by atoms with Gasteiger partial charge in [-0.15, -0.1) is 0 Å². The number of aldehydes is 1. The molecule has 1 N–H and O–H groups in total. The molecule has 19 heavy (non-hydrogen) atoms. The summed E-state index contributed by atoms with van der Waals surface area (Å²) in [6.45, 7) is 4.82. The molecule has 1 aromatic rings. The Labute approximate surface area is 117 Å². The van der Waals surface area contributed by atoms with Crippen LogP contribution >= 0.6 is 11.6 Å². The Kier molecular flexibility index (Phi) is 4.68. The molecule has 1 saturated heterocycles. The molecule has 2 rings (SSSR count). The van der Waals surface area contributed by atoms with Gasteiger partial charge in [-0.2, -0.15) is 0 Å². The van der Waals surface area contributed by atoms with Crippen LogP contribution in [0.15, 0.2) is 0 Å². The van der Waals surface area contributed by atoms with Gasteiger partial charge in [0.2, 0.25) is 0 Å². The van der Waals surface area contributed by atoms with Gasteiger partial charge in [0.25, 0.3) is 0 Å². The Balaban J connectivity index is 2.04. The Hall–Kier alpha value is -1.24. The number of aryl methyl sites for hydroxylation is 1. The first-order chi connectivity index (χ1) is 9.10. The second-order valence-electron chi connectivity index (χ2n) is 4.58. The maximum absolute atomic E-state index is 11.0. The van der Waals surface area contributed by atoms with Crippen molar-refractivity contribution in [1.82, 2.24) is 14.9 Å². The van der Waals surface area contributed by atoms with Gasteiger partial charge in [0, 0.05) is 19.6 Å². The summed E-state index contributed by atoms with van der Waals surface area (Å²) in [7, 11) is 2.05. The lowest BCUT2D eigenvalue weighted by molar-refractivity contribution is -0.0117. The Morgan fingerprint density at radius 3 is 3.05 bits per heavy atom. The van der Waals surface area contributed by atoms with E-state index < -0.39 is 0 Å². The van der Waals surface area contributed by atoms with Gasteiger partial charge in [-0.1, -0.05) is 11.6 Å². The van der Waals surface area contributed by atoms with Crippen LogP contribution < -0.4 is 5.32 Å². The molecule has 1 aliphatic heterocycles. The topological polar surface area (TPSA) is 67.4 Å². The van der Waals surface area contributed by atoms with E-state index in [0.29, 0.717) is 31.1 Å². The van der Waals surface area contributed by atoms with Gasteiger partial charge >= 0.3 is 0 Å². The van der Waals surface area contributed by atoms with E-state index in [4.69, 9.17) is 16.3 Å². The zero-order chi connectivity index (χ0) is 13.8. The van der Waals surface area contributed by atoms with Crippen molar-refractivity contribution in [3.8, 4) is 0 Å². The third kappa shape index (κ3) is 3.62. The van der Waals surface area contributed by atoms with E-state index in [0.717, 1.165) is 13.1 Å². The first kappa shape index (κ1) is 14.2. The molecule has 1 unspecified atom stereocenters. The summed E-state index contributed by atoms with van der Waals surface area (Å²) >= 11 is 5.92. The van der Waals surface area contributed by atoms with Crippen LogP contribution in [-0.4, -0.2) is 60.5 Å². The number of morpholine rings is 1. The molecule has 1 fully saturated rings. The Bertz CT molecular complexity index is 469. The first-order valence-electron chi connectivity index (χ1n) is 6.13. The lowest BCUT2D eigenvalue weighted by Crippen LogP contribution is -2.43. The number of ether oxygens (including phenoxy) is 1. The van der Waals surface area contributed by atoms with E-state index in [-0.39, 0.29) is 16.8 Å². The molecule has 1 aliphatic rings. The number of carbonyl (C=O) groups is 1. The fourth-order valence-corrected chi connectivity index (χ4v) is 2.24. The highest BCUT2D eigenvalue weighted by Crippen LogP contribution is 2.19. The second kappa shape index (κ2) is 6.27. The molecule has 0 radical (unpaired) electrons. The minimum Gasteiger partial charge on any atom is -0.374 e. The molecule has 0 amide bonds. The van der Waals surface area contributed by atoms with Crippen LogP contribution in [-0.2, 0) is 4.74 Å². The van der Waals surface area contributed by atoms with Crippen molar-refractivity contribution in [3.63, 3.8) is 0 Å². The maximum Gasteiger partial charge on any atom is 0.156 e. The van der Waals surface area contributed by atoms with Crippen LogP contribution in [0.3, 0.4) is 0 Å². The third-order valence-corrected chi connectivity index (χ3v) is 3.26. The maximum atomic E-state index is 11.0. The number of nitrogens with one attached hydrogen (secondary N) is 1. The smallest absolute Gasteiger partial charge is 0.156 e. The van der Waals surface area contributed by atoms with Gasteiger partial charge in [-0.3, -0.25) is 4.79 Å². The van der Waals surface area contributed by atoms with Crippen molar-refractivity contribution < 1.29 is 9.53 Å². The van der Waals surface area contributed by atoms with E-state index in [1.54, 1.807) is 6.92 Å². The summed E-state index contributed by atoms with van der Waals surface area (Å²) < 4.78 is 5.64. The van der Waals surface area contributed by atoms with Crippen LogP contribution in [0.25, 0.3) is 0 Å². The highest BCUT2D eigenvalue weighted by molar-refractivity contribution is 6.32. The average Bonchev–Trinajstić information content (AvgIpc) is 2.36. The number of nitrogens with zero attached hydrogens (tertiary/aromatic N) is 3. The molecule has 2 heterocycles. The largest absolute Gasteiger partial charge is 0.374 e. The SMILES string of the molecule is Cc1nc(Cl)c(C=O)c(NCC2CN(C)CCO2)n1. The normalized spacial score (nSPS) is 20.3. The molecular weight excluding hydrogens is 268 g/mol. The van der Waals surface area contributed by atoms with Gasteiger partial charge in [0.05, 0.1) is 18.3 Å². The Morgan fingerprint density at radius 1 is 1.58 bits per heavy atom.